The van der Waals surface area contributed by atoms with Gasteiger partial charge >= 0.3 is 0 Å². The number of fused-ring (bicyclic) bond motifs is 8. The fraction of sp³-hybridized carbons (Fsp3) is 0. The molecule has 0 amide bonds. The largest absolute Gasteiger partial charge is 0.0622 e. The van der Waals surface area contributed by atoms with Crippen LogP contribution in [0.1, 0.15) is 0 Å². The summed E-state index contributed by atoms with van der Waals surface area (Å²) in [5.41, 5.74) is 12.4. The second-order valence-electron chi connectivity index (χ2n) is 17.1. The Labute approximate surface area is 371 Å². The minimum Gasteiger partial charge on any atom is -0.0622 e. The van der Waals surface area contributed by atoms with Crippen molar-refractivity contribution in [3.05, 3.63) is 243 Å². The first-order valence-corrected chi connectivity index (χ1v) is 22.2. The van der Waals surface area contributed by atoms with Gasteiger partial charge in [-0.15, -0.1) is 0 Å². The maximum atomic E-state index is 2.46. The third-order valence-corrected chi connectivity index (χ3v) is 13.6. The lowest BCUT2D eigenvalue weighted by atomic mass is 9.82. The van der Waals surface area contributed by atoms with Gasteiger partial charge in [0.2, 0.25) is 0 Å². The maximum Gasteiger partial charge on any atom is -0.00139 e. The van der Waals surface area contributed by atoms with Crippen molar-refractivity contribution in [3.63, 3.8) is 0 Å². The smallest absolute Gasteiger partial charge is 0.00139 e. The molecule has 0 unspecified atom stereocenters. The fourth-order valence-corrected chi connectivity index (χ4v) is 10.8. The SMILES string of the molecule is c1ccc(-c2c3ccccc3c(-c3ccccc3)c3cc(-c4cccc5c4ccc4c(-c6ccc7ccccc7c6)c6ccccc6c(-c6ccc7ccccc7c6)c45)ccc23)cc1. The summed E-state index contributed by atoms with van der Waals surface area (Å²) in [6.07, 6.45) is 0. The van der Waals surface area contributed by atoms with E-state index in [1.165, 1.54) is 131 Å². The van der Waals surface area contributed by atoms with Gasteiger partial charge in [0.25, 0.3) is 0 Å². The molecule has 0 saturated heterocycles. The molecule has 0 spiro atoms. The molecule has 0 atom stereocenters. The average Bonchev–Trinajstić information content (AvgIpc) is 3.37. The van der Waals surface area contributed by atoms with Gasteiger partial charge in [-0.1, -0.05) is 224 Å². The second kappa shape index (κ2) is 14.7. The summed E-state index contributed by atoms with van der Waals surface area (Å²) < 4.78 is 0. The van der Waals surface area contributed by atoms with E-state index in [2.05, 4.69) is 243 Å². The predicted octanol–water partition coefficient (Wildman–Crippen LogP) is 18.1. The van der Waals surface area contributed by atoms with Crippen LogP contribution in [0.5, 0.6) is 0 Å². The highest BCUT2D eigenvalue weighted by Crippen LogP contribution is 2.49. The van der Waals surface area contributed by atoms with Crippen LogP contribution in [0, 0.1) is 0 Å². The summed E-state index contributed by atoms with van der Waals surface area (Å²) in [5.74, 6) is 0. The molecular weight excluding hydrogens is 769 g/mol. The van der Waals surface area contributed by atoms with Gasteiger partial charge in [-0.25, -0.2) is 0 Å². The van der Waals surface area contributed by atoms with E-state index in [1.807, 2.05) is 0 Å². The Morgan fingerprint density at radius 3 is 1.17 bits per heavy atom. The molecule has 0 heterocycles. The van der Waals surface area contributed by atoms with E-state index < -0.39 is 0 Å². The molecule has 0 saturated carbocycles. The van der Waals surface area contributed by atoms with Crippen LogP contribution in [0.3, 0.4) is 0 Å². The van der Waals surface area contributed by atoms with Crippen LogP contribution in [0.2, 0.25) is 0 Å². The van der Waals surface area contributed by atoms with Crippen molar-refractivity contribution in [1.82, 2.24) is 0 Å². The summed E-state index contributed by atoms with van der Waals surface area (Å²) in [6.45, 7) is 0. The van der Waals surface area contributed by atoms with Crippen molar-refractivity contribution in [2.45, 2.75) is 0 Å². The van der Waals surface area contributed by atoms with Gasteiger partial charge in [-0.05, 0) is 149 Å². The zero-order valence-corrected chi connectivity index (χ0v) is 35.1. The highest BCUT2D eigenvalue weighted by Gasteiger charge is 2.22. The van der Waals surface area contributed by atoms with Crippen LogP contribution >= 0.6 is 0 Å². The van der Waals surface area contributed by atoms with Crippen molar-refractivity contribution >= 4 is 75.4 Å². The Morgan fingerprint density at radius 1 is 0.172 bits per heavy atom. The van der Waals surface area contributed by atoms with Gasteiger partial charge in [0.15, 0.2) is 0 Å². The zero-order chi connectivity index (χ0) is 42.1. The Morgan fingerprint density at radius 2 is 0.578 bits per heavy atom. The van der Waals surface area contributed by atoms with Crippen molar-refractivity contribution in [2.24, 2.45) is 0 Å². The van der Waals surface area contributed by atoms with E-state index in [0.717, 1.165) is 0 Å². The summed E-state index contributed by atoms with van der Waals surface area (Å²) in [5, 5.41) is 17.5. The highest BCUT2D eigenvalue weighted by molar-refractivity contribution is 6.30. The van der Waals surface area contributed by atoms with E-state index in [1.54, 1.807) is 0 Å². The summed E-state index contributed by atoms with van der Waals surface area (Å²) >= 11 is 0. The molecule has 0 fully saturated rings. The van der Waals surface area contributed by atoms with Gasteiger partial charge in [-0.3, -0.25) is 0 Å². The van der Waals surface area contributed by atoms with Gasteiger partial charge in [0.1, 0.15) is 0 Å². The molecule has 0 bridgehead atoms. The van der Waals surface area contributed by atoms with Crippen molar-refractivity contribution in [2.75, 3.05) is 0 Å². The minimum absolute atomic E-state index is 1.20. The molecule has 0 aromatic heterocycles. The predicted molar refractivity (Wildman–Crippen MR) is 276 cm³/mol. The number of rotatable bonds is 5. The molecule has 0 N–H and O–H groups in total. The van der Waals surface area contributed by atoms with Crippen molar-refractivity contribution in [1.29, 1.82) is 0 Å². The third kappa shape index (κ3) is 5.70. The zero-order valence-electron chi connectivity index (χ0n) is 35.1. The van der Waals surface area contributed by atoms with E-state index >= 15 is 0 Å². The number of hydrogen-bond acceptors (Lipinski definition) is 0. The summed E-state index contributed by atoms with van der Waals surface area (Å²) in [6, 6.07) is 90.1. The monoisotopic (exact) mass is 808 g/mol. The fourth-order valence-electron chi connectivity index (χ4n) is 10.8. The molecule has 0 heteroatoms. The Bertz CT molecular complexity index is 3990. The minimum atomic E-state index is 1.20. The molecule has 0 nitrogen and oxygen atoms in total. The first-order valence-electron chi connectivity index (χ1n) is 22.2. The average molecular weight is 809 g/mol. The quantitative estimate of drug-likeness (QED) is 0.120. The molecule has 0 aliphatic carbocycles. The summed E-state index contributed by atoms with van der Waals surface area (Å²) in [7, 11) is 0. The first-order chi connectivity index (χ1) is 31.8. The Balaban J connectivity index is 1.14. The molecule has 0 radical (unpaired) electrons. The lowest BCUT2D eigenvalue weighted by molar-refractivity contribution is 1.64. The molecule has 0 aliphatic rings. The molecule has 64 heavy (non-hydrogen) atoms. The van der Waals surface area contributed by atoms with Crippen LogP contribution in [0.4, 0.5) is 0 Å². The molecule has 296 valence electrons. The Kier molecular flexibility index (Phi) is 8.32. The van der Waals surface area contributed by atoms with Crippen LogP contribution < -0.4 is 0 Å². The summed E-state index contributed by atoms with van der Waals surface area (Å²) in [4.78, 5) is 0. The maximum absolute atomic E-state index is 2.46. The third-order valence-electron chi connectivity index (χ3n) is 13.6. The standard InChI is InChI=1S/C64H40/c1-3-18-43(19-4-1)60-53-24-11-12-25-54(53)61(44-20-5-2-6-21-44)59-40-47(34-35-57(59)60)50-28-15-29-52-51(50)36-37-58-62(48-32-30-41-16-7-9-22-45(41)38-48)55-26-13-14-27-56(55)63(64(52)58)49-33-31-42-17-8-10-23-46(42)39-49/h1-40H. The Hall–Kier alpha value is -8.32. The van der Waals surface area contributed by atoms with E-state index in [4.69, 9.17) is 0 Å². The number of benzene rings is 13. The van der Waals surface area contributed by atoms with Gasteiger partial charge < -0.3 is 0 Å². The van der Waals surface area contributed by atoms with Gasteiger partial charge in [-0.2, -0.15) is 0 Å². The van der Waals surface area contributed by atoms with E-state index in [0.29, 0.717) is 0 Å². The molecule has 13 rings (SSSR count). The first kappa shape index (κ1) is 36.3. The second-order valence-corrected chi connectivity index (χ2v) is 17.1. The van der Waals surface area contributed by atoms with Crippen LogP contribution in [0.15, 0.2) is 243 Å². The van der Waals surface area contributed by atoms with Crippen molar-refractivity contribution in [3.8, 4) is 55.6 Å². The highest BCUT2D eigenvalue weighted by atomic mass is 14.2. The lowest BCUT2D eigenvalue weighted by Gasteiger charge is -2.21. The van der Waals surface area contributed by atoms with Crippen LogP contribution in [-0.4, -0.2) is 0 Å². The molecule has 13 aromatic carbocycles. The van der Waals surface area contributed by atoms with E-state index in [-0.39, 0.29) is 0 Å². The number of hydrogen-bond donors (Lipinski definition) is 0. The van der Waals surface area contributed by atoms with Crippen molar-refractivity contribution < 1.29 is 0 Å². The van der Waals surface area contributed by atoms with E-state index in [9.17, 15) is 0 Å². The lowest BCUT2D eigenvalue weighted by Crippen LogP contribution is -1.94. The molecule has 13 aromatic rings. The van der Waals surface area contributed by atoms with Crippen LogP contribution in [-0.2, 0) is 0 Å². The topological polar surface area (TPSA) is 0 Å². The van der Waals surface area contributed by atoms with Gasteiger partial charge in [0.05, 0.1) is 0 Å². The van der Waals surface area contributed by atoms with Crippen LogP contribution in [0.25, 0.3) is 131 Å². The molecular formula is C64H40. The molecule has 0 aliphatic heterocycles. The van der Waals surface area contributed by atoms with Gasteiger partial charge in [0, 0.05) is 0 Å². The normalized spacial score (nSPS) is 11.8.